The molecule has 1 heterocycles. The molecule has 1 aromatic heterocycles. The van der Waals surface area contributed by atoms with Gasteiger partial charge in [0, 0.05) is 30.0 Å². The molecule has 0 aliphatic heterocycles. The Morgan fingerprint density at radius 3 is 2.69 bits per heavy atom. The van der Waals surface area contributed by atoms with Gasteiger partial charge in [-0.05, 0) is 53.7 Å². The number of nitrogens with one attached hydrogen (secondary N) is 1. The zero-order valence-electron chi connectivity index (χ0n) is 14.8. The highest BCUT2D eigenvalue weighted by atomic mass is 79.9. The number of carbonyl (C=O) groups is 2. The molecule has 140 valence electrons. The SMILES string of the molecule is CCC(CCCNC(=O)Cc1cc(=O)oc2cc(O)c(Br)cc12)C(C)=O. The average Bonchev–Trinajstić information content (AvgIpc) is 2.56. The number of halogens is 1. The van der Waals surface area contributed by atoms with Gasteiger partial charge in [0.05, 0.1) is 10.9 Å². The van der Waals surface area contributed by atoms with E-state index in [-0.39, 0.29) is 35.4 Å². The van der Waals surface area contributed by atoms with Crippen molar-refractivity contribution in [3.05, 3.63) is 38.7 Å². The highest BCUT2D eigenvalue weighted by molar-refractivity contribution is 9.10. The number of benzene rings is 1. The van der Waals surface area contributed by atoms with Crippen LogP contribution in [-0.2, 0) is 16.0 Å². The Hall–Kier alpha value is -2.15. The number of rotatable bonds is 8. The van der Waals surface area contributed by atoms with E-state index < -0.39 is 5.63 Å². The summed E-state index contributed by atoms with van der Waals surface area (Å²) in [4.78, 5) is 35.3. The summed E-state index contributed by atoms with van der Waals surface area (Å²) in [5.41, 5.74) is 0.187. The number of phenolic OH excluding ortho intramolecular Hbond substituents is 1. The van der Waals surface area contributed by atoms with Crippen molar-refractivity contribution in [2.45, 2.75) is 39.5 Å². The van der Waals surface area contributed by atoms with Crippen molar-refractivity contribution in [1.29, 1.82) is 0 Å². The van der Waals surface area contributed by atoms with E-state index in [0.29, 0.717) is 22.0 Å². The van der Waals surface area contributed by atoms with Gasteiger partial charge in [-0.25, -0.2) is 4.79 Å². The third kappa shape index (κ3) is 5.17. The second kappa shape index (κ2) is 8.98. The van der Waals surface area contributed by atoms with E-state index in [9.17, 15) is 19.5 Å². The number of fused-ring (bicyclic) bond motifs is 1. The molecule has 2 rings (SSSR count). The molecule has 0 spiro atoms. The lowest BCUT2D eigenvalue weighted by atomic mass is 9.96. The van der Waals surface area contributed by atoms with Gasteiger partial charge in [0.1, 0.15) is 17.1 Å². The zero-order chi connectivity index (χ0) is 19.3. The second-order valence-electron chi connectivity index (χ2n) is 6.28. The Balaban J connectivity index is 2.02. The van der Waals surface area contributed by atoms with Gasteiger partial charge in [0.2, 0.25) is 5.91 Å². The summed E-state index contributed by atoms with van der Waals surface area (Å²) in [6.07, 6.45) is 2.30. The van der Waals surface area contributed by atoms with Crippen LogP contribution in [0.15, 0.2) is 31.9 Å². The fraction of sp³-hybridized carbons (Fsp3) is 0.421. The zero-order valence-corrected chi connectivity index (χ0v) is 16.4. The first-order valence-electron chi connectivity index (χ1n) is 8.54. The molecule has 0 saturated carbocycles. The monoisotopic (exact) mass is 423 g/mol. The number of phenols is 1. The average molecular weight is 424 g/mol. The van der Waals surface area contributed by atoms with Gasteiger partial charge >= 0.3 is 5.63 Å². The van der Waals surface area contributed by atoms with Gasteiger partial charge in [0.15, 0.2) is 0 Å². The van der Waals surface area contributed by atoms with E-state index in [0.717, 1.165) is 19.3 Å². The van der Waals surface area contributed by atoms with Crippen molar-refractivity contribution < 1.29 is 19.1 Å². The van der Waals surface area contributed by atoms with Crippen molar-refractivity contribution in [1.82, 2.24) is 5.32 Å². The number of Topliss-reactive ketones (excluding diaryl/α,β-unsaturated/α-hetero) is 1. The van der Waals surface area contributed by atoms with Crippen LogP contribution in [0.4, 0.5) is 0 Å². The lowest BCUT2D eigenvalue weighted by Gasteiger charge is -2.11. The summed E-state index contributed by atoms with van der Waals surface area (Å²) in [5, 5.41) is 13.1. The van der Waals surface area contributed by atoms with Crippen LogP contribution >= 0.6 is 15.9 Å². The predicted octanol–water partition coefficient (Wildman–Crippen LogP) is 3.32. The molecule has 2 N–H and O–H groups in total. The van der Waals surface area contributed by atoms with Gasteiger partial charge in [-0.1, -0.05) is 6.92 Å². The van der Waals surface area contributed by atoms with Crippen LogP contribution < -0.4 is 10.9 Å². The summed E-state index contributed by atoms with van der Waals surface area (Å²) in [5.74, 6) is -0.0371. The first-order valence-corrected chi connectivity index (χ1v) is 9.33. The van der Waals surface area contributed by atoms with E-state index in [4.69, 9.17) is 4.42 Å². The molecule has 0 aliphatic carbocycles. The van der Waals surface area contributed by atoms with Crippen LogP contribution in [0.2, 0.25) is 0 Å². The molecule has 1 atom stereocenters. The van der Waals surface area contributed by atoms with E-state index in [1.165, 1.54) is 12.1 Å². The molecular formula is C19H22BrNO5. The number of aromatic hydroxyl groups is 1. The molecule has 0 radical (unpaired) electrons. The van der Waals surface area contributed by atoms with E-state index in [2.05, 4.69) is 21.2 Å². The molecule has 1 aromatic carbocycles. The van der Waals surface area contributed by atoms with Crippen LogP contribution in [0.1, 0.15) is 38.7 Å². The van der Waals surface area contributed by atoms with Crippen LogP contribution in [0.25, 0.3) is 11.0 Å². The molecule has 2 aromatic rings. The molecule has 0 bridgehead atoms. The number of carbonyl (C=O) groups excluding carboxylic acids is 2. The van der Waals surface area contributed by atoms with E-state index in [1.807, 2.05) is 6.92 Å². The van der Waals surface area contributed by atoms with Gasteiger partial charge in [0.25, 0.3) is 0 Å². The largest absolute Gasteiger partial charge is 0.507 e. The summed E-state index contributed by atoms with van der Waals surface area (Å²) < 4.78 is 5.53. The van der Waals surface area contributed by atoms with Gasteiger partial charge in [-0.2, -0.15) is 0 Å². The smallest absolute Gasteiger partial charge is 0.336 e. The van der Waals surface area contributed by atoms with Crippen LogP contribution in [0.5, 0.6) is 5.75 Å². The highest BCUT2D eigenvalue weighted by Gasteiger charge is 2.14. The van der Waals surface area contributed by atoms with Crippen molar-refractivity contribution in [3.8, 4) is 5.75 Å². The molecular weight excluding hydrogens is 402 g/mol. The molecule has 7 heteroatoms. The van der Waals surface area contributed by atoms with Gasteiger partial charge < -0.3 is 14.8 Å². The number of hydrogen-bond donors (Lipinski definition) is 2. The Kier molecular flexibility index (Phi) is 6.97. The summed E-state index contributed by atoms with van der Waals surface area (Å²) in [6, 6.07) is 4.25. The Labute approximate surface area is 159 Å². The van der Waals surface area contributed by atoms with Crippen molar-refractivity contribution in [3.63, 3.8) is 0 Å². The van der Waals surface area contributed by atoms with Crippen molar-refractivity contribution in [2.24, 2.45) is 5.92 Å². The molecule has 1 amide bonds. The Bertz CT molecular complexity index is 874. The van der Waals surface area contributed by atoms with Gasteiger partial charge in [-0.15, -0.1) is 0 Å². The minimum atomic E-state index is -0.575. The molecule has 0 fully saturated rings. The standard InChI is InChI=1S/C19H22BrNO5/c1-3-12(11(2)22)5-4-6-21-18(24)7-13-8-19(25)26-17-10-16(23)15(20)9-14(13)17/h8-10,12,23H,3-7H2,1-2H3,(H,21,24). The molecule has 0 saturated heterocycles. The third-order valence-electron chi connectivity index (χ3n) is 4.37. The van der Waals surface area contributed by atoms with Crippen molar-refractivity contribution >= 4 is 38.6 Å². The first-order chi connectivity index (χ1) is 12.3. The normalized spacial score (nSPS) is 12.1. The van der Waals surface area contributed by atoms with Crippen molar-refractivity contribution in [2.75, 3.05) is 6.54 Å². The maximum Gasteiger partial charge on any atom is 0.336 e. The maximum absolute atomic E-state index is 12.2. The summed E-state index contributed by atoms with van der Waals surface area (Å²) in [6.45, 7) is 4.05. The highest BCUT2D eigenvalue weighted by Crippen LogP contribution is 2.30. The third-order valence-corrected chi connectivity index (χ3v) is 5.00. The summed E-state index contributed by atoms with van der Waals surface area (Å²) >= 11 is 3.22. The quantitative estimate of drug-likeness (QED) is 0.501. The molecule has 1 unspecified atom stereocenters. The second-order valence-corrected chi connectivity index (χ2v) is 7.13. The predicted molar refractivity (Wildman–Crippen MR) is 102 cm³/mol. The fourth-order valence-electron chi connectivity index (χ4n) is 2.89. The Morgan fingerprint density at radius 2 is 2.04 bits per heavy atom. The molecule has 6 nitrogen and oxygen atoms in total. The topological polar surface area (TPSA) is 96.6 Å². The van der Waals surface area contributed by atoms with E-state index in [1.54, 1.807) is 13.0 Å². The minimum Gasteiger partial charge on any atom is -0.507 e. The number of amides is 1. The van der Waals surface area contributed by atoms with Crippen LogP contribution in [-0.4, -0.2) is 23.3 Å². The van der Waals surface area contributed by atoms with E-state index >= 15 is 0 Å². The summed E-state index contributed by atoms with van der Waals surface area (Å²) in [7, 11) is 0. The Morgan fingerprint density at radius 1 is 1.31 bits per heavy atom. The number of ketones is 1. The van der Waals surface area contributed by atoms with Crippen LogP contribution in [0, 0.1) is 5.92 Å². The molecule has 26 heavy (non-hydrogen) atoms. The molecule has 0 aliphatic rings. The fourth-order valence-corrected chi connectivity index (χ4v) is 3.23. The minimum absolute atomic E-state index is 0.0310. The number of hydrogen-bond acceptors (Lipinski definition) is 5. The first kappa shape index (κ1) is 20.2. The lowest BCUT2D eigenvalue weighted by Crippen LogP contribution is -2.27. The van der Waals surface area contributed by atoms with Gasteiger partial charge in [-0.3, -0.25) is 9.59 Å². The van der Waals surface area contributed by atoms with Crippen LogP contribution in [0.3, 0.4) is 0 Å². The lowest BCUT2D eigenvalue weighted by molar-refractivity contribution is -0.121. The maximum atomic E-state index is 12.2.